The van der Waals surface area contributed by atoms with Crippen molar-refractivity contribution in [2.75, 3.05) is 0 Å². The Kier molecular flexibility index (Phi) is 1.85. The van der Waals surface area contributed by atoms with Crippen LogP contribution in [0.4, 0.5) is 5.69 Å². The summed E-state index contributed by atoms with van der Waals surface area (Å²) in [7, 11) is 0. The molecule has 1 aromatic rings. The Morgan fingerprint density at radius 1 is 1.38 bits per heavy atom. The van der Waals surface area contributed by atoms with E-state index in [1.54, 1.807) is 0 Å². The number of benzene rings is 1. The predicted molar refractivity (Wildman–Crippen MR) is 41.7 cm³/mol. The molecule has 2 heteroatoms. The van der Waals surface area contributed by atoms with Crippen LogP contribution in [0.15, 0.2) is 24.3 Å². The molecule has 8 heavy (non-hydrogen) atoms. The van der Waals surface area contributed by atoms with Crippen LogP contribution in [0.5, 0.6) is 0 Å². The molecule has 0 atom stereocenters. The molecular weight excluding hydrogens is 213 g/mol. The van der Waals surface area contributed by atoms with Crippen LogP contribution in [-0.4, -0.2) is 0 Å². The van der Waals surface area contributed by atoms with Gasteiger partial charge in [-0.25, -0.2) is 0 Å². The first-order chi connectivity index (χ1) is 3.79. The second-order valence-corrected chi connectivity index (χ2v) is 2.88. The standard InChI is InChI=1S/C6H6IN/c7-5-2-1-3-6(8)4-5/h1-4H,8H2/p+1. The summed E-state index contributed by atoms with van der Waals surface area (Å²) in [6, 6.07) is 8.09. The first-order valence-electron chi connectivity index (χ1n) is 2.36. The lowest BCUT2D eigenvalue weighted by atomic mass is 10.3. The molecule has 0 unspecified atom stereocenters. The van der Waals surface area contributed by atoms with Gasteiger partial charge >= 0.3 is 0 Å². The number of rotatable bonds is 0. The van der Waals surface area contributed by atoms with E-state index in [2.05, 4.69) is 34.4 Å². The second-order valence-electron chi connectivity index (χ2n) is 1.63. The maximum Gasteiger partial charge on any atom is 0.128 e. The maximum absolute atomic E-state index is 3.78. The highest BCUT2D eigenvalue weighted by atomic mass is 127. The van der Waals surface area contributed by atoms with E-state index < -0.39 is 0 Å². The topological polar surface area (TPSA) is 27.6 Å². The van der Waals surface area contributed by atoms with Crippen LogP contribution in [0.2, 0.25) is 0 Å². The van der Waals surface area contributed by atoms with Crippen molar-refractivity contribution in [1.82, 2.24) is 0 Å². The molecular formula is C6H7IN+. The van der Waals surface area contributed by atoms with Crippen molar-refractivity contribution in [3.63, 3.8) is 0 Å². The van der Waals surface area contributed by atoms with Crippen molar-refractivity contribution in [1.29, 1.82) is 0 Å². The fourth-order valence-corrected chi connectivity index (χ4v) is 1.14. The van der Waals surface area contributed by atoms with Crippen LogP contribution in [0.3, 0.4) is 0 Å². The van der Waals surface area contributed by atoms with Gasteiger partial charge in [0.25, 0.3) is 0 Å². The van der Waals surface area contributed by atoms with Gasteiger partial charge in [0.15, 0.2) is 0 Å². The van der Waals surface area contributed by atoms with Crippen LogP contribution < -0.4 is 5.73 Å². The third-order valence-corrected chi connectivity index (χ3v) is 1.56. The second kappa shape index (κ2) is 2.46. The predicted octanol–water partition coefficient (Wildman–Crippen LogP) is 1.16. The molecule has 42 valence electrons. The lowest BCUT2D eigenvalue weighted by molar-refractivity contribution is -0.254. The minimum Gasteiger partial charge on any atom is -0.325 e. The molecule has 0 aliphatic carbocycles. The highest BCUT2D eigenvalue weighted by molar-refractivity contribution is 14.1. The third kappa shape index (κ3) is 1.45. The third-order valence-electron chi connectivity index (χ3n) is 0.889. The van der Waals surface area contributed by atoms with Crippen LogP contribution in [0.1, 0.15) is 0 Å². The summed E-state index contributed by atoms with van der Waals surface area (Å²) in [6.45, 7) is 0. The normalized spacial score (nSPS) is 9.25. The largest absolute Gasteiger partial charge is 0.325 e. The van der Waals surface area contributed by atoms with E-state index in [9.17, 15) is 0 Å². The van der Waals surface area contributed by atoms with E-state index in [-0.39, 0.29) is 0 Å². The summed E-state index contributed by atoms with van der Waals surface area (Å²) in [6.07, 6.45) is 0. The van der Waals surface area contributed by atoms with Gasteiger partial charge in [-0.2, -0.15) is 0 Å². The Bertz CT molecular complexity index is 168. The van der Waals surface area contributed by atoms with E-state index in [1.165, 1.54) is 3.57 Å². The molecule has 0 fully saturated rings. The van der Waals surface area contributed by atoms with E-state index in [4.69, 9.17) is 0 Å². The van der Waals surface area contributed by atoms with E-state index >= 15 is 0 Å². The number of hydrogen-bond acceptors (Lipinski definition) is 0. The molecule has 0 amide bonds. The van der Waals surface area contributed by atoms with Gasteiger partial charge in [0.1, 0.15) is 5.69 Å². The Morgan fingerprint density at radius 2 is 2.12 bits per heavy atom. The van der Waals surface area contributed by atoms with Crippen molar-refractivity contribution in [2.45, 2.75) is 0 Å². The molecule has 1 nitrogen and oxygen atoms in total. The zero-order valence-electron chi connectivity index (χ0n) is 4.39. The van der Waals surface area contributed by atoms with Gasteiger partial charge < -0.3 is 5.73 Å². The minimum absolute atomic E-state index is 1.08. The lowest BCUT2D eigenvalue weighted by Gasteiger charge is -1.85. The number of halogens is 1. The summed E-state index contributed by atoms with van der Waals surface area (Å²) in [5.41, 5.74) is 4.86. The molecule has 0 aliphatic rings. The zero-order chi connectivity index (χ0) is 5.98. The van der Waals surface area contributed by atoms with Crippen molar-refractivity contribution in [3.8, 4) is 0 Å². The molecule has 0 spiro atoms. The molecule has 3 N–H and O–H groups in total. The van der Waals surface area contributed by atoms with Gasteiger partial charge in [0.05, 0.1) is 0 Å². The van der Waals surface area contributed by atoms with Crippen LogP contribution >= 0.6 is 22.6 Å². The molecule has 1 aromatic carbocycles. The SMILES string of the molecule is [NH3+]c1cccc(I)c1. The van der Waals surface area contributed by atoms with Gasteiger partial charge in [-0.05, 0) is 34.7 Å². The smallest absolute Gasteiger partial charge is 0.128 e. The van der Waals surface area contributed by atoms with E-state index in [0.29, 0.717) is 0 Å². The van der Waals surface area contributed by atoms with E-state index in [1.807, 2.05) is 18.2 Å². The van der Waals surface area contributed by atoms with Crippen LogP contribution in [0, 0.1) is 3.57 Å². The first-order valence-corrected chi connectivity index (χ1v) is 3.44. The fraction of sp³-hybridized carbons (Fsp3) is 0. The Balaban J connectivity index is 3.08. The highest BCUT2D eigenvalue weighted by Crippen LogP contribution is 2.06. The molecule has 0 saturated heterocycles. The summed E-state index contributed by atoms with van der Waals surface area (Å²) < 4.78 is 1.25. The Morgan fingerprint density at radius 3 is 2.50 bits per heavy atom. The Labute approximate surface area is 62.0 Å². The highest BCUT2D eigenvalue weighted by Gasteiger charge is 1.86. The van der Waals surface area contributed by atoms with Gasteiger partial charge in [0, 0.05) is 9.64 Å². The average molecular weight is 220 g/mol. The van der Waals surface area contributed by atoms with Crippen molar-refractivity contribution in [2.24, 2.45) is 0 Å². The summed E-state index contributed by atoms with van der Waals surface area (Å²) in [5.74, 6) is 0. The molecule has 0 heterocycles. The number of quaternary nitrogens is 1. The lowest BCUT2D eigenvalue weighted by Crippen LogP contribution is -2.39. The van der Waals surface area contributed by atoms with Gasteiger partial charge in [-0.15, -0.1) is 0 Å². The summed E-state index contributed by atoms with van der Waals surface area (Å²) in [5, 5.41) is 0. The molecule has 0 radical (unpaired) electrons. The van der Waals surface area contributed by atoms with Crippen molar-refractivity contribution < 1.29 is 5.73 Å². The maximum atomic E-state index is 3.78. The quantitative estimate of drug-likeness (QED) is 0.635. The van der Waals surface area contributed by atoms with Gasteiger partial charge in [-0.1, -0.05) is 6.07 Å². The molecule has 0 saturated carbocycles. The van der Waals surface area contributed by atoms with E-state index in [0.717, 1.165) is 5.69 Å². The fourth-order valence-electron chi connectivity index (χ4n) is 0.537. The van der Waals surface area contributed by atoms with Gasteiger partial charge in [0.2, 0.25) is 0 Å². The molecule has 0 aliphatic heterocycles. The molecule has 1 rings (SSSR count). The first kappa shape index (κ1) is 6.04. The van der Waals surface area contributed by atoms with Crippen molar-refractivity contribution >= 4 is 28.3 Å². The molecule has 0 bridgehead atoms. The minimum atomic E-state index is 1.08. The average Bonchev–Trinajstić information content (AvgIpc) is 1.64. The zero-order valence-corrected chi connectivity index (χ0v) is 6.55. The van der Waals surface area contributed by atoms with Crippen molar-refractivity contribution in [3.05, 3.63) is 27.8 Å². The summed E-state index contributed by atoms with van der Waals surface area (Å²) >= 11 is 2.27. The van der Waals surface area contributed by atoms with Crippen LogP contribution in [0.25, 0.3) is 0 Å². The van der Waals surface area contributed by atoms with Crippen LogP contribution in [-0.2, 0) is 0 Å². The Hall–Kier alpha value is -0.0900. The monoisotopic (exact) mass is 220 g/mol. The molecule has 0 aromatic heterocycles. The number of hydrogen-bond donors (Lipinski definition) is 1. The summed E-state index contributed by atoms with van der Waals surface area (Å²) in [4.78, 5) is 0. The van der Waals surface area contributed by atoms with Gasteiger partial charge in [-0.3, -0.25) is 0 Å².